The van der Waals surface area contributed by atoms with Crippen LogP contribution in [0, 0.1) is 13.8 Å². The summed E-state index contributed by atoms with van der Waals surface area (Å²) < 4.78 is 7.42. The van der Waals surface area contributed by atoms with Crippen molar-refractivity contribution in [3.8, 4) is 0 Å². The number of hydrogen-bond donors (Lipinski definition) is 1. The van der Waals surface area contributed by atoms with Gasteiger partial charge in [0.05, 0.1) is 17.7 Å². The highest BCUT2D eigenvalue weighted by Crippen LogP contribution is 2.10. The molecule has 2 heterocycles. The third-order valence-corrected chi connectivity index (χ3v) is 2.39. The van der Waals surface area contributed by atoms with Crippen molar-refractivity contribution in [2.45, 2.75) is 26.9 Å². The Morgan fingerprint density at radius 1 is 1.47 bits per heavy atom. The Balaban J connectivity index is 2.21. The average molecular weight is 206 g/mol. The molecular weight excluding hydrogens is 192 g/mol. The molecule has 2 aromatic rings. The predicted octanol–water partition coefficient (Wildman–Crippen LogP) is 0.995. The Morgan fingerprint density at radius 3 is 2.87 bits per heavy atom. The van der Waals surface area contributed by atoms with Crippen molar-refractivity contribution in [2.75, 3.05) is 0 Å². The van der Waals surface area contributed by atoms with E-state index in [0.717, 1.165) is 17.1 Å². The molecule has 0 radical (unpaired) electrons. The molecule has 0 bridgehead atoms. The monoisotopic (exact) mass is 206 g/mol. The summed E-state index contributed by atoms with van der Waals surface area (Å²) in [6.45, 7) is 4.89. The molecule has 0 aliphatic heterocycles. The zero-order valence-electron chi connectivity index (χ0n) is 8.90. The number of imidazole rings is 1. The van der Waals surface area contributed by atoms with Gasteiger partial charge < -0.3 is 14.7 Å². The maximum absolute atomic E-state index is 5.57. The van der Waals surface area contributed by atoms with Crippen molar-refractivity contribution in [3.05, 3.63) is 35.6 Å². The maximum atomic E-state index is 5.57. The second-order valence-electron chi connectivity index (χ2n) is 3.47. The SMILES string of the molecule is Cc1nc(Cn2cncc2CN)oc1C. The zero-order chi connectivity index (χ0) is 10.8. The van der Waals surface area contributed by atoms with Crippen molar-refractivity contribution in [1.29, 1.82) is 0 Å². The standard InChI is InChI=1S/C10H14N4O/c1-7-8(2)15-10(13-7)5-14-6-12-4-9(14)3-11/h4,6H,3,5,11H2,1-2H3. The largest absolute Gasteiger partial charge is 0.444 e. The number of nitrogens with two attached hydrogens (primary N) is 1. The fraction of sp³-hybridized carbons (Fsp3) is 0.400. The number of aryl methyl sites for hydroxylation is 2. The van der Waals surface area contributed by atoms with E-state index in [4.69, 9.17) is 10.2 Å². The molecule has 0 saturated carbocycles. The number of oxazole rings is 1. The van der Waals surface area contributed by atoms with Crippen molar-refractivity contribution >= 4 is 0 Å². The summed E-state index contributed by atoms with van der Waals surface area (Å²) >= 11 is 0. The van der Waals surface area contributed by atoms with E-state index in [9.17, 15) is 0 Å². The lowest BCUT2D eigenvalue weighted by molar-refractivity contribution is 0.454. The quantitative estimate of drug-likeness (QED) is 0.813. The van der Waals surface area contributed by atoms with Gasteiger partial charge in [-0.1, -0.05) is 0 Å². The fourth-order valence-electron chi connectivity index (χ4n) is 1.41. The molecule has 0 unspecified atom stereocenters. The first-order valence-electron chi connectivity index (χ1n) is 4.82. The second kappa shape index (κ2) is 3.86. The number of nitrogens with zero attached hydrogens (tertiary/aromatic N) is 3. The molecule has 5 heteroatoms. The molecule has 2 rings (SSSR count). The summed E-state index contributed by atoms with van der Waals surface area (Å²) in [5, 5.41) is 0. The lowest BCUT2D eigenvalue weighted by Gasteiger charge is -2.02. The number of rotatable bonds is 3. The Bertz CT molecular complexity index is 438. The van der Waals surface area contributed by atoms with Gasteiger partial charge in [0.1, 0.15) is 12.3 Å². The van der Waals surface area contributed by atoms with E-state index in [1.807, 2.05) is 18.4 Å². The van der Waals surface area contributed by atoms with Gasteiger partial charge >= 0.3 is 0 Å². The minimum Gasteiger partial charge on any atom is -0.444 e. The van der Waals surface area contributed by atoms with Crippen LogP contribution in [0.5, 0.6) is 0 Å². The molecule has 0 spiro atoms. The van der Waals surface area contributed by atoms with Gasteiger partial charge in [-0.15, -0.1) is 0 Å². The molecular formula is C10H14N4O. The molecule has 0 aliphatic carbocycles. The Kier molecular flexibility index (Phi) is 2.55. The Labute approximate surface area is 87.9 Å². The second-order valence-corrected chi connectivity index (χ2v) is 3.47. The first kappa shape index (κ1) is 9.92. The first-order chi connectivity index (χ1) is 7.20. The van der Waals surface area contributed by atoms with Crippen LogP contribution in [-0.4, -0.2) is 14.5 Å². The zero-order valence-corrected chi connectivity index (χ0v) is 8.90. The van der Waals surface area contributed by atoms with Crippen LogP contribution < -0.4 is 5.73 Å². The first-order valence-corrected chi connectivity index (χ1v) is 4.82. The summed E-state index contributed by atoms with van der Waals surface area (Å²) in [6, 6.07) is 0. The van der Waals surface area contributed by atoms with Crippen LogP contribution in [-0.2, 0) is 13.1 Å². The summed E-state index contributed by atoms with van der Waals surface area (Å²) in [5.74, 6) is 1.55. The molecule has 0 fully saturated rings. The summed E-state index contributed by atoms with van der Waals surface area (Å²) in [4.78, 5) is 8.34. The predicted molar refractivity (Wildman–Crippen MR) is 55.2 cm³/mol. The van der Waals surface area contributed by atoms with E-state index in [1.54, 1.807) is 12.5 Å². The van der Waals surface area contributed by atoms with E-state index in [0.29, 0.717) is 19.0 Å². The smallest absolute Gasteiger partial charge is 0.214 e. The fourth-order valence-corrected chi connectivity index (χ4v) is 1.41. The Morgan fingerprint density at radius 2 is 2.27 bits per heavy atom. The topological polar surface area (TPSA) is 69.9 Å². The number of hydrogen-bond acceptors (Lipinski definition) is 4. The van der Waals surface area contributed by atoms with Gasteiger partial charge in [-0.2, -0.15) is 0 Å². The highest BCUT2D eigenvalue weighted by Gasteiger charge is 2.07. The van der Waals surface area contributed by atoms with Gasteiger partial charge in [0.15, 0.2) is 0 Å². The van der Waals surface area contributed by atoms with Crippen LogP contribution in [0.4, 0.5) is 0 Å². The van der Waals surface area contributed by atoms with Crippen molar-refractivity contribution < 1.29 is 4.42 Å². The molecule has 5 nitrogen and oxygen atoms in total. The summed E-state index contributed by atoms with van der Waals surface area (Å²) in [5.41, 5.74) is 7.48. The summed E-state index contributed by atoms with van der Waals surface area (Å²) in [7, 11) is 0. The van der Waals surface area contributed by atoms with Crippen LogP contribution in [0.2, 0.25) is 0 Å². The maximum Gasteiger partial charge on any atom is 0.214 e. The van der Waals surface area contributed by atoms with E-state index < -0.39 is 0 Å². The summed E-state index contributed by atoms with van der Waals surface area (Å²) in [6.07, 6.45) is 3.49. The van der Waals surface area contributed by atoms with Crippen LogP contribution in [0.1, 0.15) is 23.0 Å². The van der Waals surface area contributed by atoms with Gasteiger partial charge in [0.2, 0.25) is 5.89 Å². The molecule has 15 heavy (non-hydrogen) atoms. The normalized spacial score (nSPS) is 10.9. The Hall–Kier alpha value is -1.62. The van der Waals surface area contributed by atoms with Crippen LogP contribution in [0.3, 0.4) is 0 Å². The van der Waals surface area contributed by atoms with Crippen molar-refractivity contribution in [3.63, 3.8) is 0 Å². The van der Waals surface area contributed by atoms with Gasteiger partial charge in [0, 0.05) is 12.7 Å². The average Bonchev–Trinajstić information content (AvgIpc) is 2.75. The van der Waals surface area contributed by atoms with Crippen molar-refractivity contribution in [1.82, 2.24) is 14.5 Å². The molecule has 80 valence electrons. The third-order valence-electron chi connectivity index (χ3n) is 2.39. The van der Waals surface area contributed by atoms with E-state index in [1.165, 1.54) is 0 Å². The highest BCUT2D eigenvalue weighted by atomic mass is 16.4. The van der Waals surface area contributed by atoms with Gasteiger partial charge in [-0.05, 0) is 13.8 Å². The van der Waals surface area contributed by atoms with E-state index in [-0.39, 0.29) is 0 Å². The molecule has 2 N–H and O–H groups in total. The van der Waals surface area contributed by atoms with Gasteiger partial charge in [-0.3, -0.25) is 0 Å². The lowest BCUT2D eigenvalue weighted by Crippen LogP contribution is -2.07. The van der Waals surface area contributed by atoms with Crippen molar-refractivity contribution in [2.24, 2.45) is 5.73 Å². The minimum atomic E-state index is 0.471. The molecule has 2 aromatic heterocycles. The molecule has 0 aliphatic rings. The van der Waals surface area contributed by atoms with Gasteiger partial charge in [-0.25, -0.2) is 9.97 Å². The number of aromatic nitrogens is 3. The highest BCUT2D eigenvalue weighted by molar-refractivity contribution is 5.07. The molecule has 0 amide bonds. The van der Waals surface area contributed by atoms with Crippen LogP contribution in [0.25, 0.3) is 0 Å². The van der Waals surface area contributed by atoms with Gasteiger partial charge in [0.25, 0.3) is 0 Å². The molecule has 0 atom stereocenters. The molecule has 0 aromatic carbocycles. The minimum absolute atomic E-state index is 0.471. The molecule has 0 saturated heterocycles. The van der Waals surface area contributed by atoms with Crippen LogP contribution in [0.15, 0.2) is 16.9 Å². The van der Waals surface area contributed by atoms with E-state index in [2.05, 4.69) is 9.97 Å². The van der Waals surface area contributed by atoms with E-state index >= 15 is 0 Å². The lowest BCUT2D eigenvalue weighted by atomic mass is 10.4. The third kappa shape index (κ3) is 1.92. The van der Waals surface area contributed by atoms with Crippen LogP contribution >= 0.6 is 0 Å².